The van der Waals surface area contributed by atoms with Crippen LogP contribution in [0.2, 0.25) is 0 Å². The van der Waals surface area contributed by atoms with E-state index in [0.29, 0.717) is 0 Å². The number of nitrogens with two attached hydrogens (primary N) is 1. The van der Waals surface area contributed by atoms with E-state index in [1.807, 2.05) is 0 Å². The largest absolute Gasteiger partial charge is 0.381 e. The van der Waals surface area contributed by atoms with Gasteiger partial charge in [0.2, 0.25) is 5.91 Å². The predicted octanol–water partition coefficient (Wildman–Crippen LogP) is 3.10. The average Bonchev–Trinajstić information content (AvgIpc) is 3.11. The van der Waals surface area contributed by atoms with Gasteiger partial charge in [0.05, 0.1) is 6.04 Å². The van der Waals surface area contributed by atoms with E-state index in [-0.39, 0.29) is 48.1 Å². The summed E-state index contributed by atoms with van der Waals surface area (Å²) < 4.78 is 5.42. The number of rotatable bonds is 4. The van der Waals surface area contributed by atoms with Gasteiger partial charge in [-0.3, -0.25) is 9.69 Å². The van der Waals surface area contributed by atoms with Crippen molar-refractivity contribution in [1.82, 2.24) is 9.80 Å². The number of amides is 1. The van der Waals surface area contributed by atoms with Gasteiger partial charge in [0.1, 0.15) is 0 Å². The second kappa shape index (κ2) is 11.0. The van der Waals surface area contributed by atoms with E-state index < -0.39 is 0 Å². The van der Waals surface area contributed by atoms with E-state index in [2.05, 4.69) is 40.1 Å². The third-order valence-corrected chi connectivity index (χ3v) is 6.80. The maximum Gasteiger partial charge on any atom is 0.239 e. The first-order chi connectivity index (χ1) is 13.2. The number of carbonyl (C=O) groups is 1. The number of benzene rings is 1. The van der Waals surface area contributed by atoms with Gasteiger partial charge in [0.15, 0.2) is 0 Å². The standard InChI is InChI=1S/C22H33N3O2.2ClH/c23-20(19-7-13-27-14-8-19)21(26)25-12-10-22(17-25)9-4-11-24(16-22)15-18-5-2-1-3-6-18;;/h1-3,5-6,19-20H,4,7-17,23H2;2*1H. The van der Waals surface area contributed by atoms with Crippen LogP contribution in [-0.2, 0) is 16.1 Å². The van der Waals surface area contributed by atoms with Crippen molar-refractivity contribution < 1.29 is 9.53 Å². The zero-order chi connectivity index (χ0) is 18.7. The van der Waals surface area contributed by atoms with Crippen LogP contribution >= 0.6 is 24.8 Å². The van der Waals surface area contributed by atoms with Gasteiger partial charge in [0.25, 0.3) is 0 Å². The van der Waals surface area contributed by atoms with E-state index in [4.69, 9.17) is 10.5 Å². The second-order valence-corrected chi connectivity index (χ2v) is 8.79. The number of nitrogens with zero attached hydrogens (tertiary/aromatic N) is 2. The summed E-state index contributed by atoms with van der Waals surface area (Å²) in [5, 5.41) is 0. The molecule has 1 aromatic rings. The maximum absolute atomic E-state index is 13.0. The van der Waals surface area contributed by atoms with Crippen LogP contribution in [0.15, 0.2) is 30.3 Å². The molecule has 0 saturated carbocycles. The van der Waals surface area contributed by atoms with E-state index in [1.54, 1.807) is 0 Å². The minimum absolute atomic E-state index is 0. The van der Waals surface area contributed by atoms with E-state index in [0.717, 1.165) is 65.2 Å². The van der Waals surface area contributed by atoms with Gasteiger partial charge in [-0.2, -0.15) is 0 Å². The Morgan fingerprint density at radius 2 is 1.83 bits per heavy atom. The topological polar surface area (TPSA) is 58.8 Å². The lowest BCUT2D eigenvalue weighted by molar-refractivity contribution is -0.134. The number of carbonyl (C=O) groups excluding carboxylic acids is 1. The quantitative estimate of drug-likeness (QED) is 0.776. The smallest absolute Gasteiger partial charge is 0.239 e. The highest BCUT2D eigenvalue weighted by molar-refractivity contribution is 5.85. The van der Waals surface area contributed by atoms with E-state index in [9.17, 15) is 4.79 Å². The van der Waals surface area contributed by atoms with Crippen LogP contribution in [0, 0.1) is 11.3 Å². The number of piperidine rings is 1. The molecule has 164 valence electrons. The van der Waals surface area contributed by atoms with Gasteiger partial charge in [-0.05, 0) is 50.1 Å². The molecule has 5 nitrogen and oxygen atoms in total. The van der Waals surface area contributed by atoms with Crippen LogP contribution in [0.5, 0.6) is 0 Å². The van der Waals surface area contributed by atoms with Gasteiger partial charge < -0.3 is 15.4 Å². The summed E-state index contributed by atoms with van der Waals surface area (Å²) in [5.74, 6) is 0.447. The van der Waals surface area contributed by atoms with Gasteiger partial charge >= 0.3 is 0 Å². The summed E-state index contributed by atoms with van der Waals surface area (Å²) in [6, 6.07) is 10.4. The Bertz CT molecular complexity index is 642. The third kappa shape index (κ3) is 5.86. The number of likely N-dealkylation sites (tertiary alicyclic amines) is 2. The zero-order valence-corrected chi connectivity index (χ0v) is 18.8. The van der Waals surface area contributed by atoms with Crippen molar-refractivity contribution in [1.29, 1.82) is 0 Å². The van der Waals surface area contributed by atoms with Gasteiger partial charge in [-0.25, -0.2) is 0 Å². The van der Waals surface area contributed by atoms with Crippen LogP contribution < -0.4 is 5.73 Å². The highest BCUT2D eigenvalue weighted by Gasteiger charge is 2.44. The highest BCUT2D eigenvalue weighted by atomic mass is 35.5. The highest BCUT2D eigenvalue weighted by Crippen LogP contribution is 2.39. The van der Waals surface area contributed by atoms with Gasteiger partial charge in [-0.1, -0.05) is 30.3 Å². The van der Waals surface area contributed by atoms with Crippen LogP contribution in [-0.4, -0.2) is 61.1 Å². The first-order valence-electron chi connectivity index (χ1n) is 10.5. The van der Waals surface area contributed by atoms with Crippen molar-refractivity contribution in [3.8, 4) is 0 Å². The summed E-state index contributed by atoms with van der Waals surface area (Å²) in [5.41, 5.74) is 8.00. The molecule has 7 heteroatoms. The van der Waals surface area contributed by atoms with Crippen molar-refractivity contribution in [2.24, 2.45) is 17.1 Å². The number of halogens is 2. The Morgan fingerprint density at radius 1 is 1.10 bits per heavy atom. The van der Waals surface area contributed by atoms with Crippen molar-refractivity contribution in [2.45, 2.75) is 44.7 Å². The molecule has 1 spiro atoms. The second-order valence-electron chi connectivity index (χ2n) is 8.79. The molecule has 1 aromatic carbocycles. The summed E-state index contributed by atoms with van der Waals surface area (Å²) in [6.45, 7) is 6.50. The molecular weight excluding hydrogens is 409 g/mol. The van der Waals surface area contributed by atoms with Crippen molar-refractivity contribution in [3.05, 3.63) is 35.9 Å². The SMILES string of the molecule is Cl.Cl.NC(C(=O)N1CCC2(CCCN(Cc3ccccc3)C2)C1)C1CCOCC1. The maximum atomic E-state index is 13.0. The van der Waals surface area contributed by atoms with Crippen molar-refractivity contribution in [2.75, 3.05) is 39.4 Å². The molecule has 0 aliphatic carbocycles. The Balaban J connectivity index is 0.00000150. The summed E-state index contributed by atoms with van der Waals surface area (Å²) in [4.78, 5) is 17.6. The van der Waals surface area contributed by atoms with Crippen LogP contribution in [0.25, 0.3) is 0 Å². The number of hydrogen-bond acceptors (Lipinski definition) is 4. The molecule has 0 bridgehead atoms. The van der Waals surface area contributed by atoms with Crippen LogP contribution in [0.4, 0.5) is 0 Å². The number of hydrogen-bond donors (Lipinski definition) is 1. The fraction of sp³-hybridized carbons (Fsp3) is 0.682. The Hall–Kier alpha value is -0.850. The molecule has 0 aromatic heterocycles. The summed E-state index contributed by atoms with van der Waals surface area (Å²) in [7, 11) is 0. The Morgan fingerprint density at radius 3 is 2.55 bits per heavy atom. The van der Waals surface area contributed by atoms with Crippen LogP contribution in [0.3, 0.4) is 0 Å². The average molecular weight is 444 g/mol. The fourth-order valence-electron chi connectivity index (χ4n) is 5.23. The lowest BCUT2D eigenvalue weighted by Crippen LogP contribution is -2.50. The Kier molecular flexibility index (Phi) is 9.23. The molecule has 3 aliphatic heterocycles. The predicted molar refractivity (Wildman–Crippen MR) is 121 cm³/mol. The molecule has 29 heavy (non-hydrogen) atoms. The van der Waals surface area contributed by atoms with Gasteiger partial charge in [-0.15, -0.1) is 24.8 Å². The molecule has 3 aliphatic rings. The molecule has 0 radical (unpaired) electrons. The van der Waals surface area contributed by atoms with E-state index >= 15 is 0 Å². The lowest BCUT2D eigenvalue weighted by Gasteiger charge is -2.40. The third-order valence-electron chi connectivity index (χ3n) is 6.80. The molecular formula is C22H35Cl2N3O2. The molecule has 2 N–H and O–H groups in total. The Labute approximate surface area is 187 Å². The summed E-state index contributed by atoms with van der Waals surface area (Å²) >= 11 is 0. The molecule has 1 amide bonds. The van der Waals surface area contributed by atoms with Crippen molar-refractivity contribution in [3.63, 3.8) is 0 Å². The van der Waals surface area contributed by atoms with E-state index in [1.165, 1.54) is 18.4 Å². The first-order valence-corrected chi connectivity index (χ1v) is 10.5. The monoisotopic (exact) mass is 443 g/mol. The minimum Gasteiger partial charge on any atom is -0.381 e. The van der Waals surface area contributed by atoms with Gasteiger partial charge in [0, 0.05) is 44.8 Å². The lowest BCUT2D eigenvalue weighted by atomic mass is 9.79. The minimum atomic E-state index is -0.354. The molecule has 2 atom stereocenters. The molecule has 3 fully saturated rings. The molecule has 3 saturated heterocycles. The van der Waals surface area contributed by atoms with Crippen molar-refractivity contribution >= 4 is 30.7 Å². The van der Waals surface area contributed by atoms with Crippen LogP contribution in [0.1, 0.15) is 37.7 Å². The summed E-state index contributed by atoms with van der Waals surface area (Å²) in [6.07, 6.45) is 5.40. The molecule has 2 unspecified atom stereocenters. The molecule has 3 heterocycles. The number of ether oxygens (including phenoxy) is 1. The normalized spacial score (nSPS) is 26.6. The first kappa shape index (κ1) is 24.4. The fourth-order valence-corrected chi connectivity index (χ4v) is 5.23. The zero-order valence-electron chi connectivity index (χ0n) is 17.1. The molecule has 4 rings (SSSR count).